The summed E-state index contributed by atoms with van der Waals surface area (Å²) >= 11 is 3.59. The van der Waals surface area contributed by atoms with Gasteiger partial charge < -0.3 is 10.1 Å². The lowest BCUT2D eigenvalue weighted by Crippen LogP contribution is -2.07. The largest absolute Gasteiger partial charge is 0.491 e. The van der Waals surface area contributed by atoms with Crippen LogP contribution in [0.5, 0.6) is 5.75 Å². The molecule has 0 saturated carbocycles. The third-order valence-corrected chi connectivity index (χ3v) is 4.53. The Morgan fingerprint density at radius 3 is 2.95 bits per heavy atom. The lowest BCUT2D eigenvalue weighted by atomic mass is 10.1. The molecule has 3 rings (SSSR count). The van der Waals surface area contributed by atoms with Gasteiger partial charge in [-0.2, -0.15) is 0 Å². The van der Waals surface area contributed by atoms with Gasteiger partial charge in [-0.25, -0.2) is 4.39 Å². The van der Waals surface area contributed by atoms with Crippen molar-refractivity contribution in [1.29, 1.82) is 0 Å². The normalized spacial score (nSPS) is 16.6. The van der Waals surface area contributed by atoms with Gasteiger partial charge in [-0.15, -0.1) is 0 Å². The summed E-state index contributed by atoms with van der Waals surface area (Å²) in [7, 11) is 0. The monoisotopic (exact) mass is 349 g/mol. The highest BCUT2D eigenvalue weighted by atomic mass is 79.9. The predicted molar refractivity (Wildman–Crippen MR) is 86.4 cm³/mol. The molecule has 0 saturated heterocycles. The lowest BCUT2D eigenvalue weighted by molar-refractivity contribution is 0.321. The zero-order chi connectivity index (χ0) is 14.8. The van der Waals surface area contributed by atoms with Crippen LogP contribution in [0.2, 0.25) is 0 Å². The summed E-state index contributed by atoms with van der Waals surface area (Å²) in [6.07, 6.45) is 2.06. The molecule has 1 atom stereocenters. The third kappa shape index (κ3) is 2.91. The Morgan fingerprint density at radius 1 is 1.33 bits per heavy atom. The number of halogens is 2. The SMILES string of the molecule is CCOc1ccc(NC2CCc3c(Br)cccc32)cc1F. The number of anilines is 1. The van der Waals surface area contributed by atoms with E-state index < -0.39 is 0 Å². The third-order valence-electron chi connectivity index (χ3n) is 3.79. The van der Waals surface area contributed by atoms with Crippen LogP contribution >= 0.6 is 15.9 Å². The van der Waals surface area contributed by atoms with Crippen molar-refractivity contribution in [1.82, 2.24) is 0 Å². The van der Waals surface area contributed by atoms with E-state index in [1.165, 1.54) is 17.2 Å². The number of ether oxygens (including phenoxy) is 1. The van der Waals surface area contributed by atoms with Crippen molar-refractivity contribution in [2.45, 2.75) is 25.8 Å². The van der Waals surface area contributed by atoms with Crippen molar-refractivity contribution in [2.24, 2.45) is 0 Å². The molecule has 1 aliphatic rings. The smallest absolute Gasteiger partial charge is 0.167 e. The molecule has 1 aliphatic carbocycles. The Hall–Kier alpha value is -1.55. The molecule has 4 heteroatoms. The van der Waals surface area contributed by atoms with E-state index in [1.807, 2.05) is 19.1 Å². The standard InChI is InChI=1S/C17H17BrFNO/c1-2-21-17-9-6-11(10-15(17)19)20-16-8-7-12-13(16)4-3-5-14(12)18/h3-6,9-10,16,20H,2,7-8H2,1H3. The second kappa shape index (κ2) is 6.06. The first-order valence-corrected chi connectivity index (χ1v) is 7.94. The first kappa shape index (κ1) is 14.4. The van der Waals surface area contributed by atoms with Crippen LogP contribution in [0.15, 0.2) is 40.9 Å². The average molecular weight is 350 g/mol. The van der Waals surface area contributed by atoms with E-state index in [2.05, 4.69) is 33.4 Å². The van der Waals surface area contributed by atoms with Crippen LogP contribution in [0.25, 0.3) is 0 Å². The van der Waals surface area contributed by atoms with Crippen molar-refractivity contribution in [3.8, 4) is 5.75 Å². The molecular formula is C17H17BrFNO. The van der Waals surface area contributed by atoms with Gasteiger partial charge in [0.15, 0.2) is 11.6 Å². The number of fused-ring (bicyclic) bond motifs is 1. The molecule has 2 nitrogen and oxygen atoms in total. The average Bonchev–Trinajstić information content (AvgIpc) is 2.87. The highest BCUT2D eigenvalue weighted by Gasteiger charge is 2.23. The van der Waals surface area contributed by atoms with E-state index in [1.54, 1.807) is 6.07 Å². The quantitative estimate of drug-likeness (QED) is 0.830. The van der Waals surface area contributed by atoms with Gasteiger partial charge in [0.1, 0.15) is 0 Å². The van der Waals surface area contributed by atoms with Crippen LogP contribution < -0.4 is 10.1 Å². The molecule has 110 valence electrons. The predicted octanol–water partition coefficient (Wildman–Crippen LogP) is 5.09. The first-order chi connectivity index (χ1) is 10.2. The minimum Gasteiger partial charge on any atom is -0.491 e. The van der Waals surface area contributed by atoms with E-state index in [4.69, 9.17) is 4.74 Å². The summed E-state index contributed by atoms with van der Waals surface area (Å²) in [6.45, 7) is 2.31. The Bertz CT molecular complexity index is 659. The zero-order valence-corrected chi connectivity index (χ0v) is 13.4. The fourth-order valence-electron chi connectivity index (χ4n) is 2.82. The Morgan fingerprint density at radius 2 is 2.19 bits per heavy atom. The fourth-order valence-corrected chi connectivity index (χ4v) is 3.40. The van der Waals surface area contributed by atoms with Gasteiger partial charge >= 0.3 is 0 Å². The van der Waals surface area contributed by atoms with Crippen molar-refractivity contribution in [3.05, 3.63) is 57.8 Å². The van der Waals surface area contributed by atoms with Crippen LogP contribution in [0.4, 0.5) is 10.1 Å². The van der Waals surface area contributed by atoms with E-state index in [0.717, 1.165) is 23.0 Å². The van der Waals surface area contributed by atoms with Gasteiger partial charge in [-0.1, -0.05) is 28.1 Å². The second-order valence-corrected chi connectivity index (χ2v) is 5.98. The van der Waals surface area contributed by atoms with Crippen molar-refractivity contribution in [3.63, 3.8) is 0 Å². The molecule has 0 radical (unpaired) electrons. The molecule has 0 aromatic heterocycles. The topological polar surface area (TPSA) is 21.3 Å². The Labute approximate surface area is 132 Å². The van der Waals surface area contributed by atoms with Crippen LogP contribution in [-0.4, -0.2) is 6.61 Å². The summed E-state index contributed by atoms with van der Waals surface area (Å²) < 4.78 is 20.3. The molecule has 0 fully saturated rings. The summed E-state index contributed by atoms with van der Waals surface area (Å²) in [5, 5.41) is 3.42. The molecule has 0 bridgehead atoms. The maximum atomic E-state index is 13.9. The molecule has 1 N–H and O–H groups in total. The number of hydrogen-bond acceptors (Lipinski definition) is 2. The molecule has 21 heavy (non-hydrogen) atoms. The van der Waals surface area contributed by atoms with Crippen LogP contribution in [-0.2, 0) is 6.42 Å². The second-order valence-electron chi connectivity index (χ2n) is 5.12. The maximum absolute atomic E-state index is 13.9. The number of benzene rings is 2. The van der Waals surface area contributed by atoms with E-state index >= 15 is 0 Å². The van der Waals surface area contributed by atoms with Gasteiger partial charge in [0.2, 0.25) is 0 Å². The van der Waals surface area contributed by atoms with Gasteiger partial charge in [0.25, 0.3) is 0 Å². The Kier molecular flexibility index (Phi) is 4.15. The van der Waals surface area contributed by atoms with E-state index in [-0.39, 0.29) is 11.9 Å². The van der Waals surface area contributed by atoms with Gasteiger partial charge in [0.05, 0.1) is 12.6 Å². The Balaban J connectivity index is 1.80. The minimum atomic E-state index is -0.325. The van der Waals surface area contributed by atoms with Gasteiger partial charge in [-0.05, 0) is 49.1 Å². The highest BCUT2D eigenvalue weighted by Crippen LogP contribution is 2.37. The summed E-state index contributed by atoms with van der Waals surface area (Å²) in [4.78, 5) is 0. The number of hydrogen-bond donors (Lipinski definition) is 1. The van der Waals surface area contributed by atoms with Gasteiger partial charge in [-0.3, -0.25) is 0 Å². The number of rotatable bonds is 4. The molecule has 1 unspecified atom stereocenters. The van der Waals surface area contributed by atoms with E-state index in [0.29, 0.717) is 12.4 Å². The fraction of sp³-hybridized carbons (Fsp3) is 0.294. The molecule has 0 spiro atoms. The number of nitrogens with one attached hydrogen (secondary N) is 1. The molecule has 0 amide bonds. The zero-order valence-electron chi connectivity index (χ0n) is 11.8. The van der Waals surface area contributed by atoms with Crippen LogP contribution in [0, 0.1) is 5.82 Å². The van der Waals surface area contributed by atoms with Crippen LogP contribution in [0.1, 0.15) is 30.5 Å². The van der Waals surface area contributed by atoms with Gasteiger partial charge in [0, 0.05) is 16.2 Å². The summed E-state index contributed by atoms with van der Waals surface area (Å²) in [5.74, 6) is -0.0214. The maximum Gasteiger partial charge on any atom is 0.167 e. The van der Waals surface area contributed by atoms with Crippen LogP contribution in [0.3, 0.4) is 0 Å². The summed E-state index contributed by atoms with van der Waals surface area (Å²) in [5.41, 5.74) is 3.42. The summed E-state index contributed by atoms with van der Waals surface area (Å²) in [6, 6.07) is 11.5. The minimum absolute atomic E-state index is 0.231. The molecule has 2 aromatic carbocycles. The van der Waals surface area contributed by atoms with Crippen molar-refractivity contribution < 1.29 is 9.13 Å². The van der Waals surface area contributed by atoms with Crippen molar-refractivity contribution in [2.75, 3.05) is 11.9 Å². The molecule has 0 aliphatic heterocycles. The molecule has 2 aromatic rings. The van der Waals surface area contributed by atoms with E-state index in [9.17, 15) is 4.39 Å². The first-order valence-electron chi connectivity index (χ1n) is 7.15. The molecular weight excluding hydrogens is 333 g/mol. The van der Waals surface area contributed by atoms with Crippen molar-refractivity contribution >= 4 is 21.6 Å². The molecule has 0 heterocycles. The highest BCUT2D eigenvalue weighted by molar-refractivity contribution is 9.10. The lowest BCUT2D eigenvalue weighted by Gasteiger charge is -2.16.